The van der Waals surface area contributed by atoms with Crippen LogP contribution in [0.2, 0.25) is 0 Å². The first-order valence-corrected chi connectivity index (χ1v) is 8.89. The number of primary sulfonamides is 1. The zero-order chi connectivity index (χ0) is 15.5. The van der Waals surface area contributed by atoms with Crippen LogP contribution in [0.25, 0.3) is 0 Å². The SMILES string of the molecule is CCC(Nc1cccc(S(N)(=O)=O)c1)c1ccc(Br)cc1. The maximum absolute atomic E-state index is 11.4. The van der Waals surface area contributed by atoms with E-state index in [0.29, 0.717) is 0 Å². The van der Waals surface area contributed by atoms with Crippen LogP contribution in [0.15, 0.2) is 57.9 Å². The third kappa shape index (κ3) is 4.30. The van der Waals surface area contributed by atoms with Gasteiger partial charge in [-0.05, 0) is 42.3 Å². The summed E-state index contributed by atoms with van der Waals surface area (Å²) >= 11 is 3.41. The molecule has 6 heteroatoms. The molecule has 0 saturated carbocycles. The van der Waals surface area contributed by atoms with E-state index in [1.807, 2.05) is 30.3 Å². The average molecular weight is 369 g/mol. The zero-order valence-electron chi connectivity index (χ0n) is 11.6. The summed E-state index contributed by atoms with van der Waals surface area (Å²) in [5.74, 6) is 0. The molecule has 2 rings (SSSR count). The molecular formula is C15H17BrN2O2S. The second kappa shape index (κ2) is 6.60. The summed E-state index contributed by atoms with van der Waals surface area (Å²) < 4.78 is 23.8. The van der Waals surface area contributed by atoms with Crippen molar-refractivity contribution in [2.24, 2.45) is 5.14 Å². The number of halogens is 1. The first-order chi connectivity index (χ1) is 9.90. The standard InChI is InChI=1S/C15H17BrN2O2S/c1-2-15(11-6-8-12(16)9-7-11)18-13-4-3-5-14(10-13)21(17,19)20/h3-10,15,18H,2H2,1H3,(H2,17,19,20). The molecule has 0 aliphatic rings. The summed E-state index contributed by atoms with van der Waals surface area (Å²) in [5.41, 5.74) is 1.87. The molecule has 2 aromatic rings. The maximum atomic E-state index is 11.4. The topological polar surface area (TPSA) is 72.2 Å². The smallest absolute Gasteiger partial charge is 0.238 e. The Labute approximate surface area is 133 Å². The second-order valence-electron chi connectivity index (χ2n) is 4.73. The summed E-state index contributed by atoms with van der Waals surface area (Å²) in [6.07, 6.45) is 0.876. The highest BCUT2D eigenvalue weighted by Gasteiger charge is 2.12. The maximum Gasteiger partial charge on any atom is 0.238 e. The lowest BCUT2D eigenvalue weighted by atomic mass is 10.0. The molecule has 0 amide bonds. The van der Waals surface area contributed by atoms with Crippen LogP contribution in [-0.2, 0) is 10.0 Å². The Hall–Kier alpha value is -1.37. The Kier molecular flexibility index (Phi) is 5.03. The van der Waals surface area contributed by atoms with Crippen LogP contribution in [0, 0.1) is 0 Å². The van der Waals surface area contributed by atoms with Gasteiger partial charge in [-0.15, -0.1) is 0 Å². The number of anilines is 1. The molecule has 0 fully saturated rings. The van der Waals surface area contributed by atoms with Crippen molar-refractivity contribution in [3.8, 4) is 0 Å². The minimum atomic E-state index is -3.68. The molecular weight excluding hydrogens is 352 g/mol. The highest BCUT2D eigenvalue weighted by Crippen LogP contribution is 2.25. The summed E-state index contributed by atoms with van der Waals surface area (Å²) in [7, 11) is -3.68. The third-order valence-corrected chi connectivity index (χ3v) is 4.62. The molecule has 0 radical (unpaired) electrons. The molecule has 0 bridgehead atoms. The summed E-state index contributed by atoms with van der Waals surface area (Å²) in [4.78, 5) is 0.109. The number of nitrogens with two attached hydrogens (primary N) is 1. The van der Waals surface area contributed by atoms with Crippen molar-refractivity contribution in [3.05, 3.63) is 58.6 Å². The van der Waals surface area contributed by atoms with Gasteiger partial charge in [-0.2, -0.15) is 0 Å². The van der Waals surface area contributed by atoms with E-state index in [9.17, 15) is 8.42 Å². The van der Waals surface area contributed by atoms with E-state index in [-0.39, 0.29) is 10.9 Å². The highest BCUT2D eigenvalue weighted by atomic mass is 79.9. The molecule has 4 nitrogen and oxygen atoms in total. The molecule has 0 aliphatic heterocycles. The van der Waals surface area contributed by atoms with Crippen LogP contribution in [0.5, 0.6) is 0 Å². The van der Waals surface area contributed by atoms with Crippen LogP contribution in [-0.4, -0.2) is 8.42 Å². The lowest BCUT2D eigenvalue weighted by molar-refractivity contribution is 0.598. The number of hydrogen-bond donors (Lipinski definition) is 2. The molecule has 0 aromatic heterocycles. The van der Waals surface area contributed by atoms with Crippen LogP contribution in [0.1, 0.15) is 24.9 Å². The van der Waals surface area contributed by atoms with Gasteiger partial charge in [0, 0.05) is 10.2 Å². The van der Waals surface area contributed by atoms with Gasteiger partial charge in [0.05, 0.1) is 10.9 Å². The molecule has 112 valence electrons. The Morgan fingerprint density at radius 1 is 1.19 bits per heavy atom. The molecule has 21 heavy (non-hydrogen) atoms. The van der Waals surface area contributed by atoms with Crippen molar-refractivity contribution in [2.45, 2.75) is 24.3 Å². The Balaban J connectivity index is 2.25. The van der Waals surface area contributed by atoms with Gasteiger partial charge in [-0.1, -0.05) is 41.1 Å². The molecule has 0 spiro atoms. The fourth-order valence-corrected chi connectivity index (χ4v) is 2.90. The van der Waals surface area contributed by atoms with Crippen molar-refractivity contribution < 1.29 is 8.42 Å². The van der Waals surface area contributed by atoms with E-state index in [1.54, 1.807) is 12.1 Å². The monoisotopic (exact) mass is 368 g/mol. The van der Waals surface area contributed by atoms with E-state index in [0.717, 1.165) is 22.1 Å². The molecule has 0 saturated heterocycles. The van der Waals surface area contributed by atoms with E-state index < -0.39 is 10.0 Å². The molecule has 1 atom stereocenters. The second-order valence-corrected chi connectivity index (χ2v) is 7.21. The molecule has 0 aliphatic carbocycles. The Morgan fingerprint density at radius 2 is 1.86 bits per heavy atom. The first-order valence-electron chi connectivity index (χ1n) is 6.55. The van der Waals surface area contributed by atoms with Gasteiger partial charge >= 0.3 is 0 Å². The third-order valence-electron chi connectivity index (χ3n) is 3.18. The summed E-state index contributed by atoms with van der Waals surface area (Å²) in [5, 5.41) is 8.50. The number of sulfonamides is 1. The lowest BCUT2D eigenvalue weighted by Crippen LogP contribution is -2.13. The van der Waals surface area contributed by atoms with Gasteiger partial charge in [-0.3, -0.25) is 0 Å². The fraction of sp³-hybridized carbons (Fsp3) is 0.200. The van der Waals surface area contributed by atoms with Crippen molar-refractivity contribution >= 4 is 31.6 Å². The van der Waals surface area contributed by atoms with Gasteiger partial charge in [0.2, 0.25) is 10.0 Å². The molecule has 0 heterocycles. The summed E-state index contributed by atoms with van der Waals surface area (Å²) in [6, 6.07) is 14.7. The quantitative estimate of drug-likeness (QED) is 0.845. The van der Waals surface area contributed by atoms with E-state index in [2.05, 4.69) is 28.2 Å². The Bertz CT molecular complexity index is 715. The van der Waals surface area contributed by atoms with Gasteiger partial charge in [0.1, 0.15) is 0 Å². The average Bonchev–Trinajstić information content (AvgIpc) is 2.45. The van der Waals surface area contributed by atoms with Crippen molar-refractivity contribution in [1.29, 1.82) is 0 Å². The normalized spacial score (nSPS) is 12.9. The van der Waals surface area contributed by atoms with Crippen molar-refractivity contribution in [1.82, 2.24) is 0 Å². The number of nitrogens with one attached hydrogen (secondary N) is 1. The minimum Gasteiger partial charge on any atom is -0.378 e. The lowest BCUT2D eigenvalue weighted by Gasteiger charge is -2.19. The van der Waals surface area contributed by atoms with E-state index >= 15 is 0 Å². The van der Waals surface area contributed by atoms with Gasteiger partial charge in [-0.25, -0.2) is 13.6 Å². The van der Waals surface area contributed by atoms with Gasteiger partial charge in [0.25, 0.3) is 0 Å². The van der Waals surface area contributed by atoms with E-state index in [4.69, 9.17) is 5.14 Å². The fourth-order valence-electron chi connectivity index (χ4n) is 2.08. The van der Waals surface area contributed by atoms with Crippen LogP contribution >= 0.6 is 15.9 Å². The van der Waals surface area contributed by atoms with Crippen LogP contribution < -0.4 is 10.5 Å². The van der Waals surface area contributed by atoms with Crippen molar-refractivity contribution in [3.63, 3.8) is 0 Å². The zero-order valence-corrected chi connectivity index (χ0v) is 14.0. The van der Waals surface area contributed by atoms with Gasteiger partial charge in [0.15, 0.2) is 0 Å². The number of hydrogen-bond acceptors (Lipinski definition) is 3. The highest BCUT2D eigenvalue weighted by molar-refractivity contribution is 9.10. The number of rotatable bonds is 5. The predicted molar refractivity (Wildman–Crippen MR) is 88.6 cm³/mol. The predicted octanol–water partition coefficient (Wildman–Crippen LogP) is 3.66. The van der Waals surface area contributed by atoms with Crippen LogP contribution in [0.3, 0.4) is 0 Å². The minimum absolute atomic E-state index is 0.105. The molecule has 2 aromatic carbocycles. The first kappa shape index (κ1) is 16.0. The largest absolute Gasteiger partial charge is 0.378 e. The van der Waals surface area contributed by atoms with Gasteiger partial charge < -0.3 is 5.32 Å². The molecule has 3 N–H and O–H groups in total. The molecule has 1 unspecified atom stereocenters. The Morgan fingerprint density at radius 3 is 2.43 bits per heavy atom. The van der Waals surface area contributed by atoms with E-state index in [1.165, 1.54) is 6.07 Å². The number of benzene rings is 2. The van der Waals surface area contributed by atoms with Crippen LogP contribution in [0.4, 0.5) is 5.69 Å². The summed E-state index contributed by atoms with van der Waals surface area (Å²) in [6.45, 7) is 2.07. The van der Waals surface area contributed by atoms with Crippen molar-refractivity contribution in [2.75, 3.05) is 5.32 Å².